The van der Waals surface area contributed by atoms with Crippen LogP contribution >= 0.6 is 0 Å². The van der Waals surface area contributed by atoms with Crippen molar-refractivity contribution in [2.75, 3.05) is 4.90 Å². The van der Waals surface area contributed by atoms with Crippen LogP contribution in [-0.4, -0.2) is 4.57 Å². The molecule has 0 aliphatic rings. The van der Waals surface area contributed by atoms with Gasteiger partial charge in [-0.05, 0) is 76.2 Å². The maximum absolute atomic E-state index is 2.44. The highest BCUT2D eigenvalue weighted by Gasteiger charge is 2.22. The van der Waals surface area contributed by atoms with E-state index in [2.05, 4.69) is 204 Å². The van der Waals surface area contributed by atoms with Crippen LogP contribution < -0.4 is 4.90 Å². The molecule has 0 radical (unpaired) electrons. The molecule has 0 saturated carbocycles. The van der Waals surface area contributed by atoms with Gasteiger partial charge in [-0.1, -0.05) is 146 Å². The number of nitrogens with zero attached hydrogens (tertiary/aromatic N) is 2. The second kappa shape index (κ2) is 11.8. The van der Waals surface area contributed by atoms with E-state index in [-0.39, 0.29) is 0 Å². The van der Waals surface area contributed by atoms with Crippen LogP contribution in [0.15, 0.2) is 194 Å². The summed E-state index contributed by atoms with van der Waals surface area (Å²) < 4.78 is 2.44. The van der Waals surface area contributed by atoms with E-state index in [9.17, 15) is 0 Å². The summed E-state index contributed by atoms with van der Waals surface area (Å²) in [6, 6.07) is 69.8. The predicted molar refractivity (Wildman–Crippen MR) is 204 cm³/mol. The Morgan fingerprint density at radius 2 is 0.875 bits per heavy atom. The lowest BCUT2D eigenvalue weighted by atomic mass is 10.0. The Bertz CT molecular complexity index is 2430. The summed E-state index contributed by atoms with van der Waals surface area (Å²) in [6.45, 7) is 0. The first-order valence-electron chi connectivity index (χ1n) is 16.4. The van der Waals surface area contributed by atoms with E-state index < -0.39 is 0 Å². The lowest BCUT2D eigenvalue weighted by molar-refractivity contribution is 1.18. The molecule has 1 heterocycles. The van der Waals surface area contributed by atoms with Crippen LogP contribution in [0.5, 0.6) is 0 Å². The number of para-hydroxylation sites is 1. The molecule has 0 aliphatic carbocycles. The van der Waals surface area contributed by atoms with Crippen LogP contribution in [0.3, 0.4) is 0 Å². The Kier molecular flexibility index (Phi) is 6.84. The van der Waals surface area contributed by atoms with Crippen LogP contribution in [0.25, 0.3) is 60.5 Å². The van der Waals surface area contributed by atoms with Crippen molar-refractivity contribution >= 4 is 49.6 Å². The predicted octanol–water partition coefficient (Wildman–Crippen LogP) is 12.7. The Morgan fingerprint density at radius 1 is 0.354 bits per heavy atom. The molecule has 226 valence electrons. The van der Waals surface area contributed by atoms with E-state index in [1.807, 2.05) is 0 Å². The monoisotopic (exact) mass is 612 g/mol. The summed E-state index contributed by atoms with van der Waals surface area (Å²) in [6.07, 6.45) is 0. The number of hydrogen-bond acceptors (Lipinski definition) is 1. The van der Waals surface area contributed by atoms with Gasteiger partial charge in [-0.15, -0.1) is 0 Å². The van der Waals surface area contributed by atoms with E-state index in [1.54, 1.807) is 0 Å². The molecule has 0 N–H and O–H groups in total. The van der Waals surface area contributed by atoms with E-state index in [0.717, 1.165) is 22.7 Å². The molecular formula is C46H32N2. The minimum atomic E-state index is 1.11. The maximum Gasteiger partial charge on any atom is 0.0620 e. The third-order valence-corrected chi connectivity index (χ3v) is 9.38. The minimum Gasteiger partial charge on any atom is -0.310 e. The van der Waals surface area contributed by atoms with Crippen LogP contribution in [0.2, 0.25) is 0 Å². The SMILES string of the molecule is c1ccc(-c2ccc(N(c3ccc(-c4ccccc4)cc3)c3cccc4c3c3ccc5ccccc5c3n4-c3ccccc3)cc2)cc1. The minimum absolute atomic E-state index is 1.11. The number of fused-ring (bicyclic) bond motifs is 5. The van der Waals surface area contributed by atoms with Gasteiger partial charge < -0.3 is 9.47 Å². The van der Waals surface area contributed by atoms with Crippen LogP contribution in [0, 0.1) is 0 Å². The summed E-state index contributed by atoms with van der Waals surface area (Å²) >= 11 is 0. The van der Waals surface area contributed by atoms with Crippen molar-refractivity contribution in [3.05, 3.63) is 194 Å². The van der Waals surface area contributed by atoms with E-state index in [0.29, 0.717) is 0 Å². The Balaban J connectivity index is 1.31. The van der Waals surface area contributed by atoms with E-state index >= 15 is 0 Å². The fourth-order valence-corrected chi connectivity index (χ4v) is 7.13. The topological polar surface area (TPSA) is 8.17 Å². The normalized spacial score (nSPS) is 11.3. The number of rotatable bonds is 6. The highest BCUT2D eigenvalue weighted by Crippen LogP contribution is 2.45. The zero-order valence-corrected chi connectivity index (χ0v) is 26.4. The Morgan fingerprint density at radius 3 is 1.48 bits per heavy atom. The van der Waals surface area contributed by atoms with E-state index in [1.165, 1.54) is 54.8 Å². The molecule has 0 fully saturated rings. The van der Waals surface area contributed by atoms with Gasteiger partial charge in [-0.3, -0.25) is 0 Å². The fraction of sp³-hybridized carbons (Fsp3) is 0. The fourth-order valence-electron chi connectivity index (χ4n) is 7.13. The highest BCUT2D eigenvalue weighted by atomic mass is 15.1. The van der Waals surface area contributed by atoms with Crippen molar-refractivity contribution in [1.82, 2.24) is 4.57 Å². The molecule has 9 rings (SSSR count). The zero-order valence-electron chi connectivity index (χ0n) is 26.4. The van der Waals surface area contributed by atoms with Gasteiger partial charge in [0.05, 0.1) is 16.7 Å². The number of hydrogen-bond donors (Lipinski definition) is 0. The van der Waals surface area contributed by atoms with Crippen molar-refractivity contribution in [2.45, 2.75) is 0 Å². The molecule has 0 bridgehead atoms. The van der Waals surface area contributed by atoms with Gasteiger partial charge in [0.25, 0.3) is 0 Å². The second-order valence-electron chi connectivity index (χ2n) is 12.2. The van der Waals surface area contributed by atoms with Gasteiger partial charge in [0.1, 0.15) is 0 Å². The highest BCUT2D eigenvalue weighted by molar-refractivity contribution is 6.22. The van der Waals surface area contributed by atoms with E-state index in [4.69, 9.17) is 0 Å². The molecule has 8 aromatic carbocycles. The van der Waals surface area contributed by atoms with Gasteiger partial charge in [-0.25, -0.2) is 0 Å². The average molecular weight is 613 g/mol. The van der Waals surface area contributed by atoms with Gasteiger partial charge in [0.2, 0.25) is 0 Å². The van der Waals surface area contributed by atoms with Crippen LogP contribution in [0.1, 0.15) is 0 Å². The first-order valence-corrected chi connectivity index (χ1v) is 16.4. The Labute approximate surface area is 280 Å². The van der Waals surface area contributed by atoms with Crippen molar-refractivity contribution < 1.29 is 0 Å². The number of anilines is 3. The molecule has 0 spiro atoms. The molecule has 0 saturated heterocycles. The summed E-state index contributed by atoms with van der Waals surface area (Å²) in [7, 11) is 0. The molecule has 2 heteroatoms. The zero-order chi connectivity index (χ0) is 31.9. The summed E-state index contributed by atoms with van der Waals surface area (Å²) in [5.74, 6) is 0. The van der Waals surface area contributed by atoms with Crippen LogP contribution in [0.4, 0.5) is 17.1 Å². The third-order valence-electron chi connectivity index (χ3n) is 9.38. The molecule has 48 heavy (non-hydrogen) atoms. The molecule has 0 atom stereocenters. The number of aromatic nitrogens is 1. The van der Waals surface area contributed by atoms with Gasteiger partial charge in [0.15, 0.2) is 0 Å². The largest absolute Gasteiger partial charge is 0.310 e. The third kappa shape index (κ3) is 4.74. The summed E-state index contributed by atoms with van der Waals surface area (Å²) in [5.41, 5.74) is 11.7. The van der Waals surface area contributed by atoms with Crippen LogP contribution in [-0.2, 0) is 0 Å². The quantitative estimate of drug-likeness (QED) is 0.181. The number of benzene rings is 8. The van der Waals surface area contributed by atoms with Crippen molar-refractivity contribution in [3.63, 3.8) is 0 Å². The smallest absolute Gasteiger partial charge is 0.0620 e. The lowest BCUT2D eigenvalue weighted by Crippen LogP contribution is -2.10. The average Bonchev–Trinajstić information content (AvgIpc) is 3.52. The molecular weight excluding hydrogens is 581 g/mol. The Hall–Kier alpha value is -6.38. The lowest BCUT2D eigenvalue weighted by Gasteiger charge is -2.27. The maximum atomic E-state index is 2.44. The molecule has 0 amide bonds. The molecule has 0 unspecified atom stereocenters. The van der Waals surface area contributed by atoms with Crippen molar-refractivity contribution in [3.8, 4) is 27.9 Å². The van der Waals surface area contributed by atoms with Gasteiger partial charge >= 0.3 is 0 Å². The molecule has 9 aromatic rings. The molecule has 1 aromatic heterocycles. The summed E-state index contributed by atoms with van der Waals surface area (Å²) in [4.78, 5) is 2.41. The first-order chi connectivity index (χ1) is 23.8. The molecule has 0 aliphatic heterocycles. The van der Waals surface area contributed by atoms with Crippen molar-refractivity contribution in [2.24, 2.45) is 0 Å². The van der Waals surface area contributed by atoms with Gasteiger partial charge in [0, 0.05) is 33.2 Å². The summed E-state index contributed by atoms with van der Waals surface area (Å²) in [5, 5.41) is 4.93. The molecule has 2 nitrogen and oxygen atoms in total. The first kappa shape index (κ1) is 27.9. The van der Waals surface area contributed by atoms with Crippen molar-refractivity contribution in [1.29, 1.82) is 0 Å². The standard InChI is InChI=1S/C46H32N2/c1-4-13-33(14-5-1)35-23-28-39(29-24-35)47(40-30-25-36(26-31-40)34-15-6-2-7-16-34)43-21-12-22-44-45(43)42-32-27-37-17-10-11-20-41(37)46(42)48(44)38-18-8-3-9-19-38/h1-32H. The second-order valence-corrected chi connectivity index (χ2v) is 12.2. The van der Waals surface area contributed by atoms with Gasteiger partial charge in [-0.2, -0.15) is 0 Å².